The number of nitrogens with one attached hydrogen (secondary N) is 2. The summed E-state index contributed by atoms with van der Waals surface area (Å²) in [7, 11) is 1.26. The molecule has 0 aromatic rings. The van der Waals surface area contributed by atoms with Crippen LogP contribution in [0.25, 0.3) is 0 Å². The normalized spacial score (nSPS) is 49.9. The monoisotopic (exact) mass is 568 g/mol. The number of ether oxygens (including phenoxy) is 6. The van der Waals surface area contributed by atoms with Crippen molar-refractivity contribution in [2.45, 2.75) is 105 Å². The van der Waals surface area contributed by atoms with E-state index in [9.17, 15) is 45.3 Å². The molecular formula is C22H36N2O15. The highest BCUT2D eigenvalue weighted by Crippen LogP contribution is 2.32. The molecule has 4 saturated heterocycles. The molecule has 17 nitrogen and oxygen atoms in total. The summed E-state index contributed by atoms with van der Waals surface area (Å²) in [5.41, 5.74) is 0. The molecule has 2 unspecified atom stereocenters. The quantitative estimate of drug-likeness (QED) is 0.150. The van der Waals surface area contributed by atoms with Gasteiger partial charge in [-0.05, 0) is 6.92 Å². The van der Waals surface area contributed by atoms with E-state index in [-0.39, 0.29) is 13.0 Å². The first-order chi connectivity index (χ1) is 18.5. The average Bonchev–Trinajstić information content (AvgIpc) is 2.90. The molecule has 0 aromatic carbocycles. The topological polar surface area (TPSA) is 255 Å². The lowest BCUT2D eigenvalue weighted by Gasteiger charge is -2.48. The van der Waals surface area contributed by atoms with Crippen LogP contribution in [0.2, 0.25) is 0 Å². The summed E-state index contributed by atoms with van der Waals surface area (Å²) >= 11 is 0. The van der Waals surface area contributed by atoms with E-state index in [1.54, 1.807) is 0 Å². The van der Waals surface area contributed by atoms with Crippen molar-refractivity contribution in [2.24, 2.45) is 0 Å². The lowest BCUT2D eigenvalue weighted by molar-refractivity contribution is -0.367. The molecule has 4 heterocycles. The van der Waals surface area contributed by atoms with E-state index in [0.717, 1.165) is 0 Å². The summed E-state index contributed by atoms with van der Waals surface area (Å²) < 4.78 is 33.4. The third-order valence-corrected chi connectivity index (χ3v) is 7.26. The molecule has 4 bridgehead atoms. The number of aliphatic hydroxyl groups is 7. The lowest BCUT2D eigenvalue weighted by atomic mass is 9.95. The second-order valence-corrected chi connectivity index (χ2v) is 9.88. The number of amides is 2. The Bertz CT molecular complexity index is 867. The molecule has 0 spiro atoms. The van der Waals surface area contributed by atoms with Crippen molar-refractivity contribution in [1.82, 2.24) is 10.6 Å². The van der Waals surface area contributed by atoms with Gasteiger partial charge in [0.1, 0.15) is 61.0 Å². The van der Waals surface area contributed by atoms with Crippen LogP contribution in [0, 0.1) is 0 Å². The maximum absolute atomic E-state index is 12.8. The Morgan fingerprint density at radius 2 is 1.49 bits per heavy atom. The molecule has 4 aliphatic rings. The van der Waals surface area contributed by atoms with E-state index in [0.29, 0.717) is 0 Å². The summed E-state index contributed by atoms with van der Waals surface area (Å²) in [5, 5.41) is 78.4. The average molecular weight is 569 g/mol. The predicted octanol–water partition coefficient (Wildman–Crippen LogP) is -6.24. The minimum absolute atomic E-state index is 0.247. The van der Waals surface area contributed by atoms with Crippen LogP contribution in [-0.2, 0) is 38.0 Å². The van der Waals surface area contributed by atoms with Gasteiger partial charge in [0.2, 0.25) is 5.91 Å². The SMILES string of the molecule is CO[C@@H]1O[C@H](CO)C(O)[C@@H]2O[C@@H]3O[C@@H](C)[C@H](O)[C@@H](O[C@@H]4OC(C(=O)NCCC(=O)N[C@@H]12)[C@@H](O)[C@H](O)[C@@H]4O)[C@H]3O. The summed E-state index contributed by atoms with van der Waals surface area (Å²) in [6, 6.07) is -1.19. The van der Waals surface area contributed by atoms with Crippen LogP contribution in [-0.4, -0.2) is 160 Å². The molecule has 4 fully saturated rings. The Hall–Kier alpha value is -1.58. The molecule has 39 heavy (non-hydrogen) atoms. The van der Waals surface area contributed by atoms with Crippen LogP contribution >= 0.6 is 0 Å². The van der Waals surface area contributed by atoms with Gasteiger partial charge in [0.05, 0.1) is 12.7 Å². The van der Waals surface area contributed by atoms with Crippen LogP contribution in [0.4, 0.5) is 0 Å². The molecule has 9 N–H and O–H groups in total. The van der Waals surface area contributed by atoms with Gasteiger partial charge in [-0.3, -0.25) is 9.59 Å². The molecule has 0 saturated carbocycles. The summed E-state index contributed by atoms with van der Waals surface area (Å²) in [6.45, 7) is 0.529. The Labute approximate surface area is 222 Å². The van der Waals surface area contributed by atoms with Gasteiger partial charge in [0.25, 0.3) is 5.91 Å². The van der Waals surface area contributed by atoms with Crippen molar-refractivity contribution >= 4 is 11.8 Å². The second-order valence-electron chi connectivity index (χ2n) is 9.88. The minimum Gasteiger partial charge on any atom is -0.394 e. The zero-order valence-electron chi connectivity index (χ0n) is 21.2. The van der Waals surface area contributed by atoms with Gasteiger partial charge in [0, 0.05) is 20.1 Å². The summed E-state index contributed by atoms with van der Waals surface area (Å²) in [5.74, 6) is -1.57. The first-order valence-corrected chi connectivity index (χ1v) is 12.5. The number of methoxy groups -OCH3 is 1. The van der Waals surface area contributed by atoms with Gasteiger partial charge in [-0.15, -0.1) is 0 Å². The van der Waals surface area contributed by atoms with E-state index in [1.165, 1.54) is 14.0 Å². The Balaban J connectivity index is 1.69. The molecule has 0 radical (unpaired) electrons. The number of fused-ring (bicyclic) bond motifs is 5. The van der Waals surface area contributed by atoms with E-state index >= 15 is 0 Å². The smallest absolute Gasteiger partial charge is 0.252 e. The molecule has 4 rings (SSSR count). The predicted molar refractivity (Wildman–Crippen MR) is 121 cm³/mol. The number of carbonyl (C=O) groups excluding carboxylic acids is 2. The van der Waals surface area contributed by atoms with Gasteiger partial charge in [-0.1, -0.05) is 0 Å². The first-order valence-electron chi connectivity index (χ1n) is 12.5. The van der Waals surface area contributed by atoms with Crippen molar-refractivity contribution in [3.05, 3.63) is 0 Å². The molecule has 17 heteroatoms. The van der Waals surface area contributed by atoms with Crippen molar-refractivity contribution in [3.63, 3.8) is 0 Å². The van der Waals surface area contributed by atoms with E-state index < -0.39 is 110 Å². The Morgan fingerprint density at radius 3 is 2.15 bits per heavy atom. The minimum atomic E-state index is -1.90. The highest BCUT2D eigenvalue weighted by Gasteiger charge is 2.54. The molecule has 2 amide bonds. The Morgan fingerprint density at radius 1 is 0.821 bits per heavy atom. The number of hydrogen-bond donors (Lipinski definition) is 9. The van der Waals surface area contributed by atoms with Crippen molar-refractivity contribution < 1.29 is 73.8 Å². The fraction of sp³-hybridized carbons (Fsp3) is 0.909. The van der Waals surface area contributed by atoms with Gasteiger partial charge in [0.15, 0.2) is 25.0 Å². The highest BCUT2D eigenvalue weighted by molar-refractivity contribution is 5.83. The zero-order valence-corrected chi connectivity index (χ0v) is 21.2. The van der Waals surface area contributed by atoms with E-state index in [2.05, 4.69) is 10.6 Å². The zero-order chi connectivity index (χ0) is 28.6. The molecule has 0 aromatic heterocycles. The van der Waals surface area contributed by atoms with Gasteiger partial charge < -0.3 is 74.8 Å². The van der Waals surface area contributed by atoms with Crippen LogP contribution < -0.4 is 10.6 Å². The van der Waals surface area contributed by atoms with E-state index in [4.69, 9.17) is 28.4 Å². The molecule has 0 aliphatic carbocycles. The maximum Gasteiger partial charge on any atom is 0.252 e. The summed E-state index contributed by atoms with van der Waals surface area (Å²) in [6.07, 6.45) is -22.4. The second kappa shape index (κ2) is 12.5. The first kappa shape index (κ1) is 30.4. The fourth-order valence-electron chi connectivity index (χ4n) is 5.00. The number of aliphatic hydroxyl groups excluding tert-OH is 7. The van der Waals surface area contributed by atoms with Crippen LogP contribution in [0.15, 0.2) is 0 Å². The lowest BCUT2D eigenvalue weighted by Crippen LogP contribution is -2.69. The van der Waals surface area contributed by atoms with Crippen molar-refractivity contribution in [2.75, 3.05) is 20.3 Å². The van der Waals surface area contributed by atoms with Crippen molar-refractivity contribution in [1.29, 1.82) is 0 Å². The largest absolute Gasteiger partial charge is 0.394 e. The number of rotatable bonds is 2. The fourth-order valence-corrected chi connectivity index (χ4v) is 5.00. The Kier molecular flexibility index (Phi) is 9.75. The van der Waals surface area contributed by atoms with Crippen molar-refractivity contribution in [3.8, 4) is 0 Å². The number of hydrogen-bond acceptors (Lipinski definition) is 15. The maximum atomic E-state index is 12.8. The molecule has 4 aliphatic heterocycles. The highest BCUT2D eigenvalue weighted by atomic mass is 16.7. The van der Waals surface area contributed by atoms with Gasteiger partial charge in [-0.25, -0.2) is 0 Å². The van der Waals surface area contributed by atoms with Gasteiger partial charge >= 0.3 is 0 Å². The number of carbonyl (C=O) groups is 2. The van der Waals surface area contributed by atoms with Crippen LogP contribution in [0.1, 0.15) is 13.3 Å². The summed E-state index contributed by atoms with van der Waals surface area (Å²) in [4.78, 5) is 25.5. The third kappa shape index (κ3) is 6.05. The standard InChI is InChI=1S/C22H36N2O15/c1-6-10(27)17-15(32)22(35-6)37-16-9(20(34-2)36-7(5-25)11(16)28)24-8(26)3-4-23-19(33)18-13(30)12(29)14(31)21(38-17)39-18/h6-7,9-18,20-22,25,27-32H,3-5H2,1-2H3,(H,23,33)(H,24,26)/t6-,7+,9+,10-,11?,12-,13-,14-,15+,16+,17+,18?,20+,21+,22-/m0/s1. The van der Waals surface area contributed by atoms with Gasteiger partial charge in [-0.2, -0.15) is 0 Å². The van der Waals surface area contributed by atoms with Crippen LogP contribution in [0.3, 0.4) is 0 Å². The third-order valence-electron chi connectivity index (χ3n) is 7.26. The molecular weight excluding hydrogens is 532 g/mol. The molecule has 15 atom stereocenters. The molecule has 224 valence electrons. The van der Waals surface area contributed by atoms with Crippen LogP contribution in [0.5, 0.6) is 0 Å². The van der Waals surface area contributed by atoms with E-state index in [1.807, 2.05) is 0 Å².